The van der Waals surface area contributed by atoms with Crippen molar-refractivity contribution in [1.82, 2.24) is 10.2 Å². The van der Waals surface area contributed by atoms with Gasteiger partial charge in [0.15, 0.2) is 5.82 Å². The number of thiophene rings is 1. The fraction of sp³-hybridized carbons (Fsp3) is 0.0714. The van der Waals surface area contributed by atoms with Crippen molar-refractivity contribution in [1.29, 1.82) is 0 Å². The number of aromatic amines is 1. The Kier molecular flexibility index (Phi) is 4.05. The van der Waals surface area contributed by atoms with Crippen LogP contribution in [-0.4, -0.2) is 17.3 Å². The van der Waals surface area contributed by atoms with Crippen LogP contribution >= 0.6 is 43.2 Å². The SMILES string of the molecule is COc1cccc(-c2c(N)n[nH]c2-c2cc(Br)c(Br)s2)c1. The van der Waals surface area contributed by atoms with Crippen molar-refractivity contribution in [2.24, 2.45) is 0 Å². The third-order valence-corrected chi connectivity index (χ3v) is 6.32. The summed E-state index contributed by atoms with van der Waals surface area (Å²) >= 11 is 8.62. The Balaban J connectivity index is 2.16. The number of rotatable bonds is 3. The molecule has 1 aromatic carbocycles. The molecular formula is C14H11Br2N3OS. The summed E-state index contributed by atoms with van der Waals surface area (Å²) in [5.74, 6) is 1.26. The molecule has 7 heteroatoms. The smallest absolute Gasteiger partial charge is 0.153 e. The van der Waals surface area contributed by atoms with E-state index in [1.54, 1.807) is 18.4 Å². The number of nitrogen functional groups attached to an aromatic ring is 1. The maximum Gasteiger partial charge on any atom is 0.153 e. The Morgan fingerprint density at radius 3 is 2.76 bits per heavy atom. The van der Waals surface area contributed by atoms with Gasteiger partial charge in [-0.05, 0) is 55.6 Å². The number of ether oxygens (including phenoxy) is 1. The topological polar surface area (TPSA) is 63.9 Å². The molecule has 0 fully saturated rings. The highest BCUT2D eigenvalue weighted by Gasteiger charge is 2.18. The average molecular weight is 429 g/mol. The van der Waals surface area contributed by atoms with Crippen LogP contribution in [0.1, 0.15) is 0 Å². The van der Waals surface area contributed by atoms with Gasteiger partial charge in [-0.3, -0.25) is 5.10 Å². The van der Waals surface area contributed by atoms with E-state index in [-0.39, 0.29) is 0 Å². The second kappa shape index (κ2) is 5.82. The van der Waals surface area contributed by atoms with Crippen LogP contribution in [0.3, 0.4) is 0 Å². The zero-order valence-corrected chi connectivity index (χ0v) is 15.0. The molecule has 0 saturated carbocycles. The number of H-pyrrole nitrogens is 1. The first-order valence-corrected chi connectivity index (χ1v) is 8.44. The molecule has 0 unspecified atom stereocenters. The Morgan fingerprint density at radius 1 is 1.29 bits per heavy atom. The van der Waals surface area contributed by atoms with Crippen LogP contribution in [0.5, 0.6) is 5.75 Å². The molecule has 108 valence electrons. The summed E-state index contributed by atoms with van der Waals surface area (Å²) in [7, 11) is 1.65. The van der Waals surface area contributed by atoms with Gasteiger partial charge in [0.2, 0.25) is 0 Å². The average Bonchev–Trinajstić information content (AvgIpc) is 3.02. The van der Waals surface area contributed by atoms with E-state index in [2.05, 4.69) is 42.1 Å². The number of nitrogens with one attached hydrogen (secondary N) is 1. The van der Waals surface area contributed by atoms with Gasteiger partial charge in [0.05, 0.1) is 27.0 Å². The van der Waals surface area contributed by atoms with E-state index in [0.717, 1.165) is 35.7 Å². The Morgan fingerprint density at radius 2 is 2.10 bits per heavy atom. The van der Waals surface area contributed by atoms with Gasteiger partial charge < -0.3 is 10.5 Å². The number of hydrogen-bond acceptors (Lipinski definition) is 4. The lowest BCUT2D eigenvalue weighted by atomic mass is 10.0. The Hall–Kier alpha value is -1.31. The van der Waals surface area contributed by atoms with Gasteiger partial charge >= 0.3 is 0 Å². The Bertz CT molecular complexity index is 778. The number of nitrogens with zero attached hydrogens (tertiary/aromatic N) is 1. The molecule has 0 aliphatic rings. The highest BCUT2D eigenvalue weighted by molar-refractivity contribution is 9.13. The number of hydrogen-bond donors (Lipinski definition) is 2. The quantitative estimate of drug-likeness (QED) is 0.622. The lowest BCUT2D eigenvalue weighted by Gasteiger charge is -2.05. The van der Waals surface area contributed by atoms with Crippen LogP contribution in [-0.2, 0) is 0 Å². The summed E-state index contributed by atoms with van der Waals surface area (Å²) in [6.07, 6.45) is 0. The minimum Gasteiger partial charge on any atom is -0.497 e. The van der Waals surface area contributed by atoms with E-state index in [1.165, 1.54) is 0 Å². The van der Waals surface area contributed by atoms with Gasteiger partial charge in [0, 0.05) is 4.47 Å². The molecule has 0 atom stereocenters. The van der Waals surface area contributed by atoms with E-state index >= 15 is 0 Å². The van der Waals surface area contributed by atoms with Gasteiger partial charge in [0.1, 0.15) is 5.75 Å². The van der Waals surface area contributed by atoms with E-state index in [9.17, 15) is 0 Å². The van der Waals surface area contributed by atoms with Crippen molar-refractivity contribution in [3.8, 4) is 27.4 Å². The number of benzene rings is 1. The summed E-state index contributed by atoms with van der Waals surface area (Å²) in [6.45, 7) is 0. The molecule has 3 aromatic rings. The van der Waals surface area contributed by atoms with Gasteiger partial charge in [-0.1, -0.05) is 12.1 Å². The van der Waals surface area contributed by atoms with Gasteiger partial charge in [0.25, 0.3) is 0 Å². The summed E-state index contributed by atoms with van der Waals surface area (Å²) in [4.78, 5) is 1.05. The number of aromatic nitrogens is 2. The Labute approximate surface area is 142 Å². The first kappa shape index (κ1) is 14.6. The maximum atomic E-state index is 6.05. The molecule has 2 aromatic heterocycles. The molecular weight excluding hydrogens is 418 g/mol. The second-order valence-electron chi connectivity index (χ2n) is 4.32. The van der Waals surface area contributed by atoms with Crippen LogP contribution in [0.2, 0.25) is 0 Å². The molecule has 0 radical (unpaired) electrons. The van der Waals surface area contributed by atoms with Gasteiger partial charge in [-0.15, -0.1) is 11.3 Å². The molecule has 0 spiro atoms. The standard InChI is InChI=1S/C14H11Br2N3OS/c1-20-8-4-2-3-7(5-8)11-12(18-19-14(11)17)10-6-9(15)13(16)21-10/h2-6H,1H3,(H3,17,18,19). The molecule has 2 heterocycles. The third-order valence-electron chi connectivity index (χ3n) is 3.04. The molecule has 21 heavy (non-hydrogen) atoms. The highest BCUT2D eigenvalue weighted by atomic mass is 79.9. The number of methoxy groups -OCH3 is 1. The van der Waals surface area contributed by atoms with E-state index in [1.807, 2.05) is 30.3 Å². The third kappa shape index (κ3) is 2.73. The minimum atomic E-state index is 0.471. The zero-order chi connectivity index (χ0) is 15.0. The van der Waals surface area contributed by atoms with Crippen LogP contribution in [0.4, 0.5) is 5.82 Å². The van der Waals surface area contributed by atoms with Crippen molar-refractivity contribution < 1.29 is 4.74 Å². The summed E-state index contributed by atoms with van der Waals surface area (Å²) < 4.78 is 7.31. The number of nitrogens with two attached hydrogens (primary N) is 1. The molecule has 0 bridgehead atoms. The van der Waals surface area contributed by atoms with E-state index in [0.29, 0.717) is 5.82 Å². The fourth-order valence-corrected chi connectivity index (χ4v) is 4.11. The van der Waals surface area contributed by atoms with Crippen LogP contribution in [0.25, 0.3) is 21.7 Å². The monoisotopic (exact) mass is 427 g/mol. The number of halogens is 2. The van der Waals surface area contributed by atoms with Crippen molar-refractivity contribution >= 4 is 49.0 Å². The molecule has 3 rings (SSSR count). The van der Waals surface area contributed by atoms with Crippen molar-refractivity contribution in [3.63, 3.8) is 0 Å². The van der Waals surface area contributed by atoms with Gasteiger partial charge in [-0.25, -0.2) is 0 Å². The first-order valence-electron chi connectivity index (χ1n) is 6.03. The van der Waals surface area contributed by atoms with E-state index < -0.39 is 0 Å². The van der Waals surface area contributed by atoms with Crippen molar-refractivity contribution in [2.45, 2.75) is 0 Å². The molecule has 3 N–H and O–H groups in total. The maximum absolute atomic E-state index is 6.05. The highest BCUT2D eigenvalue weighted by Crippen LogP contribution is 2.42. The predicted octanol–water partition coefficient (Wildman–Crippen LogP) is 4.92. The molecule has 0 aliphatic carbocycles. The lowest BCUT2D eigenvalue weighted by molar-refractivity contribution is 0.415. The van der Waals surface area contributed by atoms with Crippen molar-refractivity contribution in [2.75, 3.05) is 12.8 Å². The van der Waals surface area contributed by atoms with Crippen molar-refractivity contribution in [3.05, 3.63) is 38.6 Å². The largest absolute Gasteiger partial charge is 0.497 e. The lowest BCUT2D eigenvalue weighted by Crippen LogP contribution is -1.89. The summed E-state index contributed by atoms with van der Waals surface area (Å²) in [5, 5.41) is 7.17. The predicted molar refractivity (Wildman–Crippen MR) is 93.7 cm³/mol. The summed E-state index contributed by atoms with van der Waals surface area (Å²) in [5.41, 5.74) is 8.80. The zero-order valence-electron chi connectivity index (χ0n) is 11.0. The molecule has 0 saturated heterocycles. The molecule has 0 amide bonds. The summed E-state index contributed by atoms with van der Waals surface area (Å²) in [6, 6.07) is 9.81. The normalized spacial score (nSPS) is 10.8. The second-order valence-corrected chi connectivity index (χ2v) is 7.55. The molecule has 4 nitrogen and oxygen atoms in total. The minimum absolute atomic E-state index is 0.471. The van der Waals surface area contributed by atoms with Crippen LogP contribution < -0.4 is 10.5 Å². The van der Waals surface area contributed by atoms with Crippen LogP contribution in [0, 0.1) is 0 Å². The first-order chi connectivity index (χ1) is 10.1. The number of anilines is 1. The van der Waals surface area contributed by atoms with Crippen LogP contribution in [0.15, 0.2) is 38.6 Å². The van der Waals surface area contributed by atoms with Gasteiger partial charge in [-0.2, -0.15) is 5.10 Å². The van der Waals surface area contributed by atoms with E-state index in [4.69, 9.17) is 10.5 Å². The molecule has 0 aliphatic heterocycles. The fourth-order valence-electron chi connectivity index (χ4n) is 2.07.